The standard InChI is InChI=1S/C12H17N5O4/c1-2-21-11(20)8-4-3-5-17(6-8)10(19)9(18)15-12-13-7-14-16-12/h7-8H,2-6H2,1H3,(H2,13,14,15,16,18). The first-order valence-electron chi connectivity index (χ1n) is 6.74. The maximum atomic E-state index is 12.1. The van der Waals surface area contributed by atoms with E-state index in [4.69, 9.17) is 4.74 Å². The topological polar surface area (TPSA) is 117 Å². The number of H-pyrrole nitrogens is 1. The first-order chi connectivity index (χ1) is 10.1. The Morgan fingerprint density at radius 1 is 1.52 bits per heavy atom. The van der Waals surface area contributed by atoms with Gasteiger partial charge in [-0.2, -0.15) is 10.1 Å². The van der Waals surface area contributed by atoms with Crippen molar-refractivity contribution in [1.82, 2.24) is 20.1 Å². The van der Waals surface area contributed by atoms with Crippen molar-refractivity contribution in [3.8, 4) is 0 Å². The van der Waals surface area contributed by atoms with Crippen LogP contribution in [0.1, 0.15) is 19.8 Å². The van der Waals surface area contributed by atoms with Crippen molar-refractivity contribution in [3.05, 3.63) is 6.33 Å². The number of aromatic amines is 1. The minimum Gasteiger partial charge on any atom is -0.466 e. The molecule has 1 aliphatic heterocycles. The number of ether oxygens (including phenoxy) is 1. The molecular formula is C12H17N5O4. The smallest absolute Gasteiger partial charge is 0.316 e. The summed E-state index contributed by atoms with van der Waals surface area (Å²) >= 11 is 0. The van der Waals surface area contributed by atoms with Crippen LogP contribution in [0.25, 0.3) is 0 Å². The lowest BCUT2D eigenvalue weighted by molar-refractivity contribution is -0.153. The number of carbonyl (C=O) groups excluding carboxylic acids is 3. The zero-order valence-electron chi connectivity index (χ0n) is 11.7. The minimum absolute atomic E-state index is 0.104. The van der Waals surface area contributed by atoms with Crippen molar-refractivity contribution < 1.29 is 19.1 Å². The number of hydrogen-bond acceptors (Lipinski definition) is 6. The molecule has 0 aromatic carbocycles. The van der Waals surface area contributed by atoms with Gasteiger partial charge in [0, 0.05) is 13.1 Å². The maximum Gasteiger partial charge on any atom is 0.316 e. The lowest BCUT2D eigenvalue weighted by Crippen LogP contribution is -2.47. The Kier molecular flexibility index (Phi) is 4.85. The number of hydrogen-bond donors (Lipinski definition) is 2. The molecule has 0 bridgehead atoms. The molecule has 1 atom stereocenters. The second-order valence-corrected chi connectivity index (χ2v) is 4.63. The Balaban J connectivity index is 1.92. The number of nitrogens with zero attached hydrogens (tertiary/aromatic N) is 3. The lowest BCUT2D eigenvalue weighted by Gasteiger charge is -2.30. The third kappa shape index (κ3) is 3.77. The van der Waals surface area contributed by atoms with Crippen LogP contribution < -0.4 is 5.32 Å². The minimum atomic E-state index is -0.809. The Labute approximate surface area is 121 Å². The van der Waals surface area contributed by atoms with Crippen LogP contribution in [-0.4, -0.2) is 57.6 Å². The first-order valence-corrected chi connectivity index (χ1v) is 6.74. The third-order valence-corrected chi connectivity index (χ3v) is 3.17. The average Bonchev–Trinajstić information content (AvgIpc) is 2.99. The summed E-state index contributed by atoms with van der Waals surface area (Å²) in [6.07, 6.45) is 2.54. The molecule has 1 aromatic rings. The van der Waals surface area contributed by atoms with Crippen LogP contribution >= 0.6 is 0 Å². The third-order valence-electron chi connectivity index (χ3n) is 3.17. The van der Waals surface area contributed by atoms with Gasteiger partial charge in [-0.3, -0.25) is 19.7 Å². The molecule has 114 valence electrons. The highest BCUT2D eigenvalue weighted by Gasteiger charge is 2.32. The zero-order chi connectivity index (χ0) is 15.2. The van der Waals surface area contributed by atoms with E-state index in [1.54, 1.807) is 6.92 Å². The van der Waals surface area contributed by atoms with E-state index in [1.165, 1.54) is 11.2 Å². The fraction of sp³-hybridized carbons (Fsp3) is 0.583. The van der Waals surface area contributed by atoms with E-state index < -0.39 is 11.8 Å². The summed E-state index contributed by atoms with van der Waals surface area (Å²) in [6.45, 7) is 2.67. The van der Waals surface area contributed by atoms with Crippen molar-refractivity contribution >= 4 is 23.7 Å². The molecule has 1 aliphatic rings. The molecule has 1 unspecified atom stereocenters. The lowest BCUT2D eigenvalue weighted by atomic mass is 9.98. The molecule has 0 aliphatic carbocycles. The van der Waals surface area contributed by atoms with Gasteiger partial charge in [0.1, 0.15) is 6.33 Å². The maximum absolute atomic E-state index is 12.1. The summed E-state index contributed by atoms with van der Waals surface area (Å²) in [4.78, 5) is 40.6. The summed E-state index contributed by atoms with van der Waals surface area (Å²) in [5, 5.41) is 8.31. The van der Waals surface area contributed by atoms with Crippen LogP contribution in [0, 0.1) is 5.92 Å². The number of rotatable bonds is 3. The number of amides is 2. The number of piperidine rings is 1. The molecular weight excluding hydrogens is 278 g/mol. The molecule has 0 radical (unpaired) electrons. The van der Waals surface area contributed by atoms with Crippen LogP contribution in [0.5, 0.6) is 0 Å². The first kappa shape index (κ1) is 14.9. The van der Waals surface area contributed by atoms with Gasteiger partial charge in [0.2, 0.25) is 5.95 Å². The molecule has 9 heteroatoms. The molecule has 2 heterocycles. The number of aromatic nitrogens is 3. The van der Waals surface area contributed by atoms with E-state index in [0.717, 1.165) is 0 Å². The fourth-order valence-corrected chi connectivity index (χ4v) is 2.18. The van der Waals surface area contributed by atoms with Crippen molar-refractivity contribution in [2.75, 3.05) is 25.0 Å². The van der Waals surface area contributed by atoms with Crippen LogP contribution in [0.3, 0.4) is 0 Å². The van der Waals surface area contributed by atoms with E-state index in [-0.39, 0.29) is 24.4 Å². The van der Waals surface area contributed by atoms with Gasteiger partial charge in [-0.25, -0.2) is 5.10 Å². The molecule has 0 saturated carbocycles. The van der Waals surface area contributed by atoms with E-state index in [2.05, 4.69) is 20.5 Å². The summed E-state index contributed by atoms with van der Waals surface area (Å²) in [5.41, 5.74) is 0. The predicted molar refractivity (Wildman–Crippen MR) is 70.9 cm³/mol. The predicted octanol–water partition coefficient (Wildman–Crippen LogP) is -0.455. The van der Waals surface area contributed by atoms with Gasteiger partial charge < -0.3 is 9.64 Å². The second kappa shape index (κ2) is 6.82. The van der Waals surface area contributed by atoms with Gasteiger partial charge in [-0.05, 0) is 19.8 Å². The number of esters is 1. The Bertz CT molecular complexity index is 516. The van der Waals surface area contributed by atoms with Crippen molar-refractivity contribution in [2.24, 2.45) is 5.92 Å². The summed E-state index contributed by atoms with van der Waals surface area (Å²) in [5.74, 6) is -2.10. The number of carbonyl (C=O) groups is 3. The van der Waals surface area contributed by atoms with Gasteiger partial charge in [0.15, 0.2) is 0 Å². The van der Waals surface area contributed by atoms with Crippen molar-refractivity contribution in [1.29, 1.82) is 0 Å². The van der Waals surface area contributed by atoms with Gasteiger partial charge in [0.25, 0.3) is 0 Å². The highest BCUT2D eigenvalue weighted by atomic mass is 16.5. The van der Waals surface area contributed by atoms with E-state index in [1.807, 2.05) is 0 Å². The van der Waals surface area contributed by atoms with E-state index >= 15 is 0 Å². The van der Waals surface area contributed by atoms with Gasteiger partial charge in [0.05, 0.1) is 12.5 Å². The molecule has 2 amide bonds. The number of anilines is 1. The Morgan fingerprint density at radius 2 is 2.33 bits per heavy atom. The second-order valence-electron chi connectivity index (χ2n) is 4.63. The number of nitrogens with one attached hydrogen (secondary N) is 2. The molecule has 9 nitrogen and oxygen atoms in total. The average molecular weight is 295 g/mol. The normalized spacial score (nSPS) is 18.1. The monoisotopic (exact) mass is 295 g/mol. The zero-order valence-corrected chi connectivity index (χ0v) is 11.7. The molecule has 21 heavy (non-hydrogen) atoms. The van der Waals surface area contributed by atoms with Crippen LogP contribution in [0.2, 0.25) is 0 Å². The molecule has 0 spiro atoms. The fourth-order valence-electron chi connectivity index (χ4n) is 2.18. The highest BCUT2D eigenvalue weighted by molar-refractivity contribution is 6.39. The Hall–Kier alpha value is -2.45. The number of likely N-dealkylation sites (tertiary alicyclic amines) is 1. The highest BCUT2D eigenvalue weighted by Crippen LogP contribution is 2.18. The summed E-state index contributed by atoms with van der Waals surface area (Å²) in [6, 6.07) is 0. The SMILES string of the molecule is CCOC(=O)C1CCCN(C(=O)C(=O)Nc2ncn[nH]2)C1. The van der Waals surface area contributed by atoms with Crippen LogP contribution in [0.15, 0.2) is 6.33 Å². The van der Waals surface area contributed by atoms with E-state index in [9.17, 15) is 14.4 Å². The molecule has 1 saturated heterocycles. The van der Waals surface area contributed by atoms with Gasteiger partial charge >= 0.3 is 17.8 Å². The quantitative estimate of drug-likeness (QED) is 0.576. The molecule has 2 rings (SSSR count). The largest absolute Gasteiger partial charge is 0.466 e. The summed E-state index contributed by atoms with van der Waals surface area (Å²) in [7, 11) is 0. The van der Waals surface area contributed by atoms with Crippen LogP contribution in [0.4, 0.5) is 5.95 Å². The Morgan fingerprint density at radius 3 is 3.00 bits per heavy atom. The molecule has 1 fully saturated rings. The van der Waals surface area contributed by atoms with Gasteiger partial charge in [-0.1, -0.05) is 0 Å². The van der Waals surface area contributed by atoms with Crippen molar-refractivity contribution in [3.63, 3.8) is 0 Å². The molecule has 2 N–H and O–H groups in total. The summed E-state index contributed by atoms with van der Waals surface area (Å²) < 4.78 is 4.95. The van der Waals surface area contributed by atoms with Crippen LogP contribution in [-0.2, 0) is 19.1 Å². The van der Waals surface area contributed by atoms with E-state index in [0.29, 0.717) is 26.0 Å². The van der Waals surface area contributed by atoms with Crippen molar-refractivity contribution in [2.45, 2.75) is 19.8 Å². The molecule has 1 aromatic heterocycles. The van der Waals surface area contributed by atoms with Gasteiger partial charge in [-0.15, -0.1) is 0 Å².